The summed E-state index contributed by atoms with van der Waals surface area (Å²) in [5, 5.41) is 31.1. The molecule has 4 heteroatoms. The average Bonchev–Trinajstić information content (AvgIpc) is 2.87. The Bertz CT molecular complexity index is 613. The Kier molecular flexibility index (Phi) is 3.99. The molecular formula is C21H32O4. The molecule has 0 aromatic rings. The summed E-state index contributed by atoms with van der Waals surface area (Å²) in [7, 11) is 0. The van der Waals surface area contributed by atoms with Crippen LogP contribution >= 0.6 is 0 Å². The number of hydrogen-bond donors (Lipinski definition) is 3. The highest BCUT2D eigenvalue weighted by molar-refractivity contribution is 5.91. The zero-order valence-corrected chi connectivity index (χ0v) is 15.5. The molecule has 4 aliphatic carbocycles. The standard InChI is InChI=1S/C21H32O4/c1-19-8-5-14(23)11-13(19)3-4-15-16(19)6-9-20(2)17(15)7-10-21(20,25)18(24)12-22/h11,15-18,22,24-25H,3-10,12H2,1-2H3/t15-,16-,17+,18-,19+,20+,21-/m1/s1. The molecule has 3 N–H and O–H groups in total. The molecule has 0 radical (unpaired) electrons. The number of aliphatic hydroxyl groups is 3. The maximum Gasteiger partial charge on any atom is 0.155 e. The number of aliphatic hydroxyl groups excluding tert-OH is 2. The van der Waals surface area contributed by atoms with E-state index in [4.69, 9.17) is 0 Å². The zero-order valence-electron chi connectivity index (χ0n) is 15.5. The second-order valence-electron chi connectivity index (χ2n) is 9.59. The Morgan fingerprint density at radius 3 is 2.56 bits per heavy atom. The van der Waals surface area contributed by atoms with Gasteiger partial charge in [-0.15, -0.1) is 0 Å². The lowest BCUT2D eigenvalue weighted by Crippen LogP contribution is -2.59. The molecular weight excluding hydrogens is 316 g/mol. The minimum absolute atomic E-state index is 0.133. The number of rotatable bonds is 2. The summed E-state index contributed by atoms with van der Waals surface area (Å²) >= 11 is 0. The minimum Gasteiger partial charge on any atom is -0.394 e. The molecule has 0 aliphatic heterocycles. The van der Waals surface area contributed by atoms with E-state index in [9.17, 15) is 20.1 Å². The predicted molar refractivity (Wildman–Crippen MR) is 94.8 cm³/mol. The number of carbonyl (C=O) groups is 1. The Labute approximate surface area is 150 Å². The first-order valence-corrected chi connectivity index (χ1v) is 10.0. The van der Waals surface area contributed by atoms with Gasteiger partial charge < -0.3 is 15.3 Å². The third-order valence-corrected chi connectivity index (χ3v) is 8.90. The molecule has 0 aromatic carbocycles. The van der Waals surface area contributed by atoms with E-state index in [0.717, 1.165) is 38.5 Å². The lowest BCUT2D eigenvalue weighted by molar-refractivity contribution is -0.184. The zero-order chi connectivity index (χ0) is 18.0. The summed E-state index contributed by atoms with van der Waals surface area (Å²) in [5.74, 6) is 1.81. The summed E-state index contributed by atoms with van der Waals surface area (Å²) in [6, 6.07) is 0. The molecule has 0 saturated heterocycles. The van der Waals surface area contributed by atoms with Gasteiger partial charge >= 0.3 is 0 Å². The molecule has 0 heterocycles. The van der Waals surface area contributed by atoms with E-state index in [2.05, 4.69) is 13.8 Å². The largest absolute Gasteiger partial charge is 0.394 e. The fourth-order valence-corrected chi connectivity index (χ4v) is 7.31. The summed E-state index contributed by atoms with van der Waals surface area (Å²) in [6.45, 7) is 4.12. The van der Waals surface area contributed by atoms with Gasteiger partial charge in [0.25, 0.3) is 0 Å². The van der Waals surface area contributed by atoms with Gasteiger partial charge in [0.2, 0.25) is 0 Å². The molecule has 4 rings (SSSR count). The van der Waals surface area contributed by atoms with Crippen LogP contribution in [0.1, 0.15) is 65.2 Å². The van der Waals surface area contributed by atoms with E-state index < -0.39 is 11.7 Å². The number of carbonyl (C=O) groups excluding carboxylic acids is 1. The normalized spacial score (nSPS) is 50.5. The summed E-state index contributed by atoms with van der Waals surface area (Å²) < 4.78 is 0. The molecule has 4 nitrogen and oxygen atoms in total. The van der Waals surface area contributed by atoms with Gasteiger partial charge in [-0.3, -0.25) is 4.79 Å². The van der Waals surface area contributed by atoms with Gasteiger partial charge in [-0.25, -0.2) is 0 Å². The minimum atomic E-state index is -1.17. The third kappa shape index (κ3) is 2.20. The maximum absolute atomic E-state index is 11.9. The van der Waals surface area contributed by atoms with Crippen LogP contribution in [0.4, 0.5) is 0 Å². The van der Waals surface area contributed by atoms with E-state index in [1.807, 2.05) is 6.08 Å². The fourth-order valence-electron chi connectivity index (χ4n) is 7.31. The van der Waals surface area contributed by atoms with Crippen molar-refractivity contribution in [2.75, 3.05) is 6.61 Å². The molecule has 4 aliphatic rings. The van der Waals surface area contributed by atoms with E-state index in [1.165, 1.54) is 5.57 Å². The number of hydrogen-bond acceptors (Lipinski definition) is 4. The lowest BCUT2D eigenvalue weighted by atomic mass is 9.46. The maximum atomic E-state index is 11.9. The Balaban J connectivity index is 1.67. The van der Waals surface area contributed by atoms with Crippen LogP contribution in [-0.4, -0.2) is 39.4 Å². The van der Waals surface area contributed by atoms with Crippen LogP contribution in [0.25, 0.3) is 0 Å². The van der Waals surface area contributed by atoms with Crippen molar-refractivity contribution in [1.29, 1.82) is 0 Å². The van der Waals surface area contributed by atoms with Crippen LogP contribution < -0.4 is 0 Å². The van der Waals surface area contributed by atoms with Crippen LogP contribution in [-0.2, 0) is 4.79 Å². The van der Waals surface area contributed by atoms with E-state index >= 15 is 0 Å². The van der Waals surface area contributed by atoms with Crippen LogP contribution in [0.5, 0.6) is 0 Å². The second kappa shape index (κ2) is 5.64. The van der Waals surface area contributed by atoms with Crippen molar-refractivity contribution in [2.45, 2.75) is 76.9 Å². The van der Waals surface area contributed by atoms with Crippen LogP contribution in [0.3, 0.4) is 0 Å². The molecule has 0 bridgehead atoms. The molecule has 0 unspecified atom stereocenters. The van der Waals surface area contributed by atoms with E-state index in [1.54, 1.807) is 0 Å². The highest BCUT2D eigenvalue weighted by Gasteiger charge is 2.65. The first-order chi connectivity index (χ1) is 11.8. The van der Waals surface area contributed by atoms with Crippen LogP contribution in [0.2, 0.25) is 0 Å². The second-order valence-corrected chi connectivity index (χ2v) is 9.59. The van der Waals surface area contributed by atoms with E-state index in [-0.39, 0.29) is 23.2 Å². The van der Waals surface area contributed by atoms with Crippen molar-refractivity contribution in [3.63, 3.8) is 0 Å². The number of ketones is 1. The summed E-state index contributed by atoms with van der Waals surface area (Å²) in [6.07, 6.45) is 8.03. The SMILES string of the molecule is C[C@]12CCC(=O)C=C1CC[C@@H]1[C@H]2CC[C@@]2(C)[C@H]1CC[C@@]2(O)[C@H](O)CO. The Morgan fingerprint density at radius 1 is 1.12 bits per heavy atom. The number of fused-ring (bicyclic) bond motifs is 5. The molecule has 0 aromatic heterocycles. The van der Waals surface area contributed by atoms with Gasteiger partial charge in [-0.2, -0.15) is 0 Å². The van der Waals surface area contributed by atoms with Crippen LogP contribution in [0.15, 0.2) is 11.6 Å². The van der Waals surface area contributed by atoms with Crippen molar-refractivity contribution < 1.29 is 20.1 Å². The molecule has 140 valence electrons. The Hall–Kier alpha value is -0.710. The molecule has 3 saturated carbocycles. The van der Waals surface area contributed by atoms with Gasteiger partial charge in [0.05, 0.1) is 12.2 Å². The quantitative estimate of drug-likeness (QED) is 0.717. The number of allylic oxidation sites excluding steroid dienone is 1. The highest BCUT2D eigenvalue weighted by atomic mass is 16.4. The van der Waals surface area contributed by atoms with Gasteiger partial charge in [0, 0.05) is 11.8 Å². The van der Waals surface area contributed by atoms with Crippen molar-refractivity contribution in [2.24, 2.45) is 28.6 Å². The first kappa shape index (κ1) is 17.7. The molecule has 3 fully saturated rings. The predicted octanol–water partition coefficient (Wildman–Crippen LogP) is 2.60. The first-order valence-electron chi connectivity index (χ1n) is 10.0. The van der Waals surface area contributed by atoms with Crippen molar-refractivity contribution >= 4 is 5.78 Å². The van der Waals surface area contributed by atoms with Crippen molar-refractivity contribution in [3.05, 3.63) is 11.6 Å². The van der Waals surface area contributed by atoms with Crippen LogP contribution in [0, 0.1) is 28.6 Å². The van der Waals surface area contributed by atoms with Gasteiger partial charge in [-0.1, -0.05) is 19.4 Å². The fraction of sp³-hybridized carbons (Fsp3) is 0.857. The topological polar surface area (TPSA) is 77.8 Å². The molecule has 7 atom stereocenters. The smallest absolute Gasteiger partial charge is 0.155 e. The molecule has 0 amide bonds. The van der Waals surface area contributed by atoms with Gasteiger partial charge in [-0.05, 0) is 74.2 Å². The van der Waals surface area contributed by atoms with E-state index in [0.29, 0.717) is 30.6 Å². The lowest BCUT2D eigenvalue weighted by Gasteiger charge is -2.59. The summed E-state index contributed by atoms with van der Waals surface area (Å²) in [5.41, 5.74) is 0.00120. The monoisotopic (exact) mass is 348 g/mol. The average molecular weight is 348 g/mol. The van der Waals surface area contributed by atoms with Gasteiger partial charge in [0.1, 0.15) is 6.10 Å². The molecule has 0 spiro atoms. The molecule has 25 heavy (non-hydrogen) atoms. The Morgan fingerprint density at radius 2 is 1.84 bits per heavy atom. The van der Waals surface area contributed by atoms with Crippen molar-refractivity contribution in [1.82, 2.24) is 0 Å². The highest BCUT2D eigenvalue weighted by Crippen LogP contribution is 2.67. The summed E-state index contributed by atoms with van der Waals surface area (Å²) in [4.78, 5) is 11.9. The third-order valence-electron chi connectivity index (χ3n) is 8.90. The van der Waals surface area contributed by atoms with Gasteiger partial charge in [0.15, 0.2) is 5.78 Å². The van der Waals surface area contributed by atoms with Crippen molar-refractivity contribution in [3.8, 4) is 0 Å².